The second-order valence-electron chi connectivity index (χ2n) is 7.59. The van der Waals surface area contributed by atoms with E-state index in [2.05, 4.69) is 20.4 Å². The van der Waals surface area contributed by atoms with Crippen LogP contribution in [0.5, 0.6) is 5.75 Å². The Morgan fingerprint density at radius 1 is 1.09 bits per heavy atom. The number of anilines is 1. The molecule has 2 aromatic carbocycles. The topological polar surface area (TPSA) is 86.3 Å². The van der Waals surface area contributed by atoms with Crippen LogP contribution in [-0.4, -0.2) is 37.2 Å². The highest BCUT2D eigenvalue weighted by molar-refractivity contribution is 6.37. The largest absolute Gasteiger partial charge is 0.497 e. The summed E-state index contributed by atoms with van der Waals surface area (Å²) in [5.74, 6) is -0.194. The molecule has 0 spiro atoms. The third kappa shape index (κ3) is 3.93. The smallest absolute Gasteiger partial charge is 0.433 e. The van der Waals surface area contributed by atoms with E-state index in [9.17, 15) is 18.0 Å². The van der Waals surface area contributed by atoms with Gasteiger partial charge in [-0.05, 0) is 30.3 Å². The SMILES string of the molecule is COc1cccc(-c2cc(C(F)(F)F)n3nc(C(=O)Nc4nc5ccccc5n4C)c(Cl)c3n2)c1. The van der Waals surface area contributed by atoms with Gasteiger partial charge in [-0.15, -0.1) is 0 Å². The Morgan fingerprint density at radius 2 is 1.86 bits per heavy atom. The van der Waals surface area contributed by atoms with E-state index in [0.717, 1.165) is 11.6 Å². The Balaban J connectivity index is 1.62. The summed E-state index contributed by atoms with van der Waals surface area (Å²) in [7, 11) is 3.14. The van der Waals surface area contributed by atoms with E-state index in [0.29, 0.717) is 21.3 Å². The Labute approximate surface area is 200 Å². The van der Waals surface area contributed by atoms with Gasteiger partial charge in [-0.2, -0.15) is 18.3 Å². The van der Waals surface area contributed by atoms with Crippen LogP contribution < -0.4 is 10.1 Å². The number of carbonyl (C=O) groups is 1. The summed E-state index contributed by atoms with van der Waals surface area (Å²) in [5.41, 5.74) is -0.102. The summed E-state index contributed by atoms with van der Waals surface area (Å²) in [4.78, 5) is 21.6. The number of hydrogen-bond acceptors (Lipinski definition) is 5. The van der Waals surface area contributed by atoms with Crippen molar-refractivity contribution in [2.24, 2.45) is 7.05 Å². The van der Waals surface area contributed by atoms with E-state index in [-0.39, 0.29) is 22.3 Å². The molecular weight excluding hydrogens is 485 g/mol. The van der Waals surface area contributed by atoms with Crippen LogP contribution in [0, 0.1) is 0 Å². The predicted octanol–water partition coefficient (Wildman–Crippen LogP) is 5.22. The fraction of sp³-hybridized carbons (Fsp3) is 0.130. The standard InChI is InChI=1S/C23H16ClF3N6O2/c1-32-16-9-4-3-8-14(16)29-22(32)30-21(34)19-18(24)20-28-15(12-6-5-7-13(10-12)35-2)11-17(23(25,26)27)33(20)31-19/h3-11H,1-2H3,(H,29,30,34). The van der Waals surface area contributed by atoms with Crippen LogP contribution in [0.2, 0.25) is 5.02 Å². The number of fused-ring (bicyclic) bond motifs is 2. The molecule has 0 aliphatic carbocycles. The number of amides is 1. The molecule has 0 fully saturated rings. The zero-order valence-corrected chi connectivity index (χ0v) is 19.0. The maximum atomic E-state index is 13.9. The number of alkyl halides is 3. The number of benzene rings is 2. The minimum Gasteiger partial charge on any atom is -0.497 e. The highest BCUT2D eigenvalue weighted by Gasteiger charge is 2.37. The molecule has 5 rings (SSSR count). The minimum atomic E-state index is -4.80. The van der Waals surface area contributed by atoms with Gasteiger partial charge in [0.1, 0.15) is 10.8 Å². The number of halogens is 4. The fourth-order valence-corrected chi connectivity index (χ4v) is 3.93. The number of nitrogens with zero attached hydrogens (tertiary/aromatic N) is 5. The molecule has 8 nitrogen and oxygen atoms in total. The van der Waals surface area contributed by atoms with Gasteiger partial charge in [0.2, 0.25) is 5.95 Å². The first-order chi connectivity index (χ1) is 16.7. The normalized spacial score (nSPS) is 11.8. The average Bonchev–Trinajstić information content (AvgIpc) is 3.34. The summed E-state index contributed by atoms with van der Waals surface area (Å²) >= 11 is 6.35. The molecule has 0 bridgehead atoms. The molecule has 0 atom stereocenters. The van der Waals surface area contributed by atoms with E-state index >= 15 is 0 Å². The lowest BCUT2D eigenvalue weighted by Gasteiger charge is -2.11. The molecule has 178 valence electrons. The van der Waals surface area contributed by atoms with Crippen LogP contribution in [0.4, 0.5) is 19.1 Å². The molecule has 3 heterocycles. The van der Waals surface area contributed by atoms with Gasteiger partial charge in [-0.25, -0.2) is 14.5 Å². The van der Waals surface area contributed by atoms with Crippen molar-refractivity contribution in [1.82, 2.24) is 24.1 Å². The zero-order chi connectivity index (χ0) is 24.9. The van der Waals surface area contributed by atoms with E-state index in [1.807, 2.05) is 12.1 Å². The molecule has 0 radical (unpaired) electrons. The van der Waals surface area contributed by atoms with Crippen LogP contribution in [0.15, 0.2) is 54.6 Å². The molecule has 0 saturated heterocycles. The highest BCUT2D eigenvalue weighted by Crippen LogP contribution is 2.35. The van der Waals surface area contributed by atoms with Crippen molar-refractivity contribution in [1.29, 1.82) is 0 Å². The van der Waals surface area contributed by atoms with Crippen LogP contribution in [-0.2, 0) is 13.2 Å². The van der Waals surface area contributed by atoms with Crippen molar-refractivity contribution in [2.45, 2.75) is 6.18 Å². The van der Waals surface area contributed by atoms with Gasteiger partial charge in [0.05, 0.1) is 23.8 Å². The van der Waals surface area contributed by atoms with Crippen LogP contribution in [0.1, 0.15) is 16.2 Å². The number of rotatable bonds is 4. The van der Waals surface area contributed by atoms with E-state index < -0.39 is 23.5 Å². The Kier molecular flexibility index (Phi) is 5.36. The number of aryl methyl sites for hydroxylation is 1. The summed E-state index contributed by atoms with van der Waals surface area (Å²) in [6, 6.07) is 14.5. The zero-order valence-electron chi connectivity index (χ0n) is 18.3. The minimum absolute atomic E-state index is 0.00664. The molecule has 1 amide bonds. The molecule has 12 heteroatoms. The average molecular weight is 501 g/mol. The first-order valence-corrected chi connectivity index (χ1v) is 10.6. The van der Waals surface area contributed by atoms with Crippen molar-refractivity contribution in [3.63, 3.8) is 0 Å². The third-order valence-electron chi connectivity index (χ3n) is 5.42. The maximum absolute atomic E-state index is 13.9. The third-order valence-corrected chi connectivity index (χ3v) is 5.76. The van der Waals surface area contributed by atoms with Gasteiger partial charge in [-0.3, -0.25) is 10.1 Å². The predicted molar refractivity (Wildman–Crippen MR) is 124 cm³/mol. The monoisotopic (exact) mass is 500 g/mol. The lowest BCUT2D eigenvalue weighted by Crippen LogP contribution is -2.17. The summed E-state index contributed by atoms with van der Waals surface area (Å²) in [6.45, 7) is 0. The first kappa shape index (κ1) is 22.7. The molecule has 5 aromatic rings. The molecular formula is C23H16ClF3N6O2. The number of methoxy groups -OCH3 is 1. The van der Waals surface area contributed by atoms with Gasteiger partial charge < -0.3 is 9.30 Å². The van der Waals surface area contributed by atoms with E-state index in [4.69, 9.17) is 16.3 Å². The van der Waals surface area contributed by atoms with Crippen molar-refractivity contribution >= 4 is 40.1 Å². The van der Waals surface area contributed by atoms with Crippen molar-refractivity contribution in [3.8, 4) is 17.0 Å². The number of para-hydroxylation sites is 2. The van der Waals surface area contributed by atoms with Gasteiger partial charge in [0.25, 0.3) is 5.91 Å². The maximum Gasteiger partial charge on any atom is 0.433 e. The molecule has 1 N–H and O–H groups in total. The number of nitrogens with one attached hydrogen (secondary N) is 1. The van der Waals surface area contributed by atoms with Crippen molar-refractivity contribution in [2.75, 3.05) is 12.4 Å². The molecule has 0 unspecified atom stereocenters. The summed E-state index contributed by atoms with van der Waals surface area (Å²) in [6.07, 6.45) is -4.80. The van der Waals surface area contributed by atoms with Crippen molar-refractivity contribution < 1.29 is 22.7 Å². The number of aromatic nitrogens is 5. The highest BCUT2D eigenvalue weighted by atomic mass is 35.5. The lowest BCUT2D eigenvalue weighted by atomic mass is 10.1. The molecule has 3 aromatic heterocycles. The second kappa shape index (κ2) is 8.27. The Hall–Kier alpha value is -4.12. The first-order valence-electron chi connectivity index (χ1n) is 10.2. The molecule has 35 heavy (non-hydrogen) atoms. The van der Waals surface area contributed by atoms with Gasteiger partial charge >= 0.3 is 6.18 Å². The number of hydrogen-bond donors (Lipinski definition) is 1. The van der Waals surface area contributed by atoms with E-state index in [1.165, 1.54) is 7.11 Å². The summed E-state index contributed by atoms with van der Waals surface area (Å²) < 4.78 is 49.2. The van der Waals surface area contributed by atoms with Crippen LogP contribution in [0.3, 0.4) is 0 Å². The lowest BCUT2D eigenvalue weighted by molar-refractivity contribution is -0.142. The molecule has 0 aliphatic rings. The molecule has 0 aliphatic heterocycles. The second-order valence-corrected chi connectivity index (χ2v) is 7.97. The summed E-state index contributed by atoms with van der Waals surface area (Å²) in [5, 5.41) is 6.10. The van der Waals surface area contributed by atoms with Gasteiger partial charge in [-0.1, -0.05) is 35.9 Å². The number of carbonyl (C=O) groups excluding carboxylic acids is 1. The van der Waals surface area contributed by atoms with Crippen molar-refractivity contribution in [3.05, 3.63) is 71.0 Å². The fourth-order valence-electron chi connectivity index (χ4n) is 3.69. The van der Waals surface area contributed by atoms with Gasteiger partial charge in [0, 0.05) is 12.6 Å². The van der Waals surface area contributed by atoms with Gasteiger partial charge in [0.15, 0.2) is 17.0 Å². The van der Waals surface area contributed by atoms with Crippen LogP contribution >= 0.6 is 11.6 Å². The Morgan fingerprint density at radius 3 is 2.57 bits per heavy atom. The quantitative estimate of drug-likeness (QED) is 0.366. The number of imidazole rings is 1. The van der Waals surface area contributed by atoms with Crippen LogP contribution in [0.25, 0.3) is 27.9 Å². The number of ether oxygens (including phenoxy) is 1. The molecule has 0 saturated carbocycles. The Bertz CT molecular complexity index is 1610. The van der Waals surface area contributed by atoms with E-state index in [1.54, 1.807) is 48.0 Å².